The van der Waals surface area contributed by atoms with Crippen molar-refractivity contribution in [2.45, 2.75) is 5.60 Å². The molecule has 33 heavy (non-hydrogen) atoms. The fraction of sp³-hybridized carbons (Fsp3) is 0.160. The van der Waals surface area contributed by atoms with Gasteiger partial charge in [0.2, 0.25) is 0 Å². The zero-order valence-electron chi connectivity index (χ0n) is 17.8. The second-order valence-corrected chi connectivity index (χ2v) is 8.11. The number of hydrogen-bond donors (Lipinski definition) is 1. The predicted octanol–water partition coefficient (Wildman–Crippen LogP) is 4.44. The molecule has 7 nitrogen and oxygen atoms in total. The number of rotatable bonds is 5. The number of carbonyl (C=O) groups is 2. The van der Waals surface area contributed by atoms with Crippen LogP contribution in [0.15, 0.2) is 71.9 Å². The minimum absolute atomic E-state index is 0.284. The van der Waals surface area contributed by atoms with E-state index < -0.39 is 17.4 Å². The lowest BCUT2D eigenvalue weighted by atomic mass is 9.74. The number of nitrogens with one attached hydrogen (secondary N) is 1. The van der Waals surface area contributed by atoms with Crippen LogP contribution in [0.1, 0.15) is 21.5 Å². The molecule has 3 aromatic rings. The molecule has 3 aromatic carbocycles. The maximum Gasteiger partial charge on any atom is 0.277 e. The first kappa shape index (κ1) is 21.0. The van der Waals surface area contributed by atoms with Gasteiger partial charge < -0.3 is 19.6 Å². The normalized spacial score (nSPS) is 20.6. The van der Waals surface area contributed by atoms with Gasteiger partial charge in [0.25, 0.3) is 11.5 Å². The Balaban J connectivity index is 1.70. The van der Waals surface area contributed by atoms with Crippen molar-refractivity contribution < 1.29 is 23.9 Å². The SMILES string of the molecule is COc1ccc(C(=O)[C@H]2C(c3ccc(Cl)cc3)=NO[C@]23C(=O)Nc2ccccc23)c(OC)c1. The standard InChI is InChI=1S/C25H19ClN2O5/c1-31-16-11-12-17(20(13-16)32-2)23(29)21-22(14-7-9-15(26)10-8-14)28-33-25(21)18-5-3-4-6-19(18)27-24(25)30/h3-13,21H,1-2H3,(H,27,30)/t21-,25+/m1/s1. The van der Waals surface area contributed by atoms with E-state index in [9.17, 15) is 9.59 Å². The molecule has 1 N–H and O–H groups in total. The molecule has 2 aliphatic rings. The van der Waals surface area contributed by atoms with Crippen molar-refractivity contribution in [3.05, 3.63) is 88.4 Å². The molecule has 0 aromatic heterocycles. The Bertz CT molecular complexity index is 1300. The lowest BCUT2D eigenvalue weighted by molar-refractivity contribution is -0.140. The molecule has 8 heteroatoms. The highest BCUT2D eigenvalue weighted by Gasteiger charge is 2.63. The van der Waals surface area contributed by atoms with E-state index >= 15 is 0 Å². The molecular formula is C25H19ClN2O5. The van der Waals surface area contributed by atoms with Crippen molar-refractivity contribution in [1.29, 1.82) is 0 Å². The lowest BCUT2D eigenvalue weighted by Gasteiger charge is -2.27. The smallest absolute Gasteiger partial charge is 0.277 e. The van der Waals surface area contributed by atoms with Gasteiger partial charge in [-0.2, -0.15) is 0 Å². The van der Waals surface area contributed by atoms with E-state index in [1.54, 1.807) is 66.7 Å². The number of anilines is 1. The van der Waals surface area contributed by atoms with Crippen molar-refractivity contribution in [3.8, 4) is 11.5 Å². The number of hydrogen-bond acceptors (Lipinski definition) is 6. The van der Waals surface area contributed by atoms with Gasteiger partial charge in [0.05, 0.1) is 19.8 Å². The summed E-state index contributed by atoms with van der Waals surface area (Å²) in [6, 6.07) is 18.9. The average Bonchev–Trinajstić information content (AvgIpc) is 3.37. The van der Waals surface area contributed by atoms with E-state index in [0.29, 0.717) is 39.0 Å². The molecule has 1 amide bonds. The number of ketones is 1. The summed E-state index contributed by atoms with van der Waals surface area (Å²) in [5, 5.41) is 7.63. The number of nitrogens with zero attached hydrogens (tertiary/aromatic N) is 1. The maximum atomic E-state index is 14.1. The number of amides is 1. The number of methoxy groups -OCH3 is 2. The molecule has 1 spiro atoms. The molecule has 5 rings (SSSR count). The molecule has 0 saturated heterocycles. The van der Waals surface area contributed by atoms with Crippen LogP contribution in [0.4, 0.5) is 5.69 Å². The third-order valence-corrected chi connectivity index (χ3v) is 6.21. The predicted molar refractivity (Wildman–Crippen MR) is 123 cm³/mol. The van der Waals surface area contributed by atoms with E-state index in [4.69, 9.17) is 25.9 Å². The minimum atomic E-state index is -1.65. The number of benzene rings is 3. The van der Waals surface area contributed by atoms with E-state index in [1.165, 1.54) is 14.2 Å². The molecule has 0 aliphatic carbocycles. The van der Waals surface area contributed by atoms with Crippen LogP contribution in [0.25, 0.3) is 0 Å². The highest BCUT2D eigenvalue weighted by molar-refractivity contribution is 6.31. The van der Waals surface area contributed by atoms with Crippen LogP contribution in [-0.4, -0.2) is 31.6 Å². The Kier molecular flexibility index (Phi) is 5.06. The monoisotopic (exact) mass is 462 g/mol. The van der Waals surface area contributed by atoms with Crippen molar-refractivity contribution in [2.24, 2.45) is 11.1 Å². The van der Waals surface area contributed by atoms with E-state index in [-0.39, 0.29) is 11.3 Å². The largest absolute Gasteiger partial charge is 0.497 e. The number of halogens is 1. The molecule has 2 atom stereocenters. The molecule has 2 heterocycles. The van der Waals surface area contributed by atoms with Gasteiger partial charge >= 0.3 is 0 Å². The number of oxime groups is 1. The number of fused-ring (bicyclic) bond motifs is 2. The number of Topliss-reactive ketones (excluding diaryl/α,β-unsaturated/α-hetero) is 1. The first-order chi connectivity index (χ1) is 16.0. The van der Waals surface area contributed by atoms with Crippen molar-refractivity contribution in [3.63, 3.8) is 0 Å². The first-order valence-corrected chi connectivity index (χ1v) is 10.6. The molecule has 0 radical (unpaired) electrons. The molecule has 0 saturated carbocycles. The summed E-state index contributed by atoms with van der Waals surface area (Å²) in [5.74, 6) is -1.03. The summed E-state index contributed by atoms with van der Waals surface area (Å²) in [5.41, 5.74) is 0.726. The quantitative estimate of drug-likeness (QED) is 0.566. The van der Waals surface area contributed by atoms with Crippen molar-refractivity contribution >= 4 is 34.7 Å². The Hall–Kier alpha value is -3.84. The third kappa shape index (κ3) is 3.15. The molecule has 0 fully saturated rings. The highest BCUT2D eigenvalue weighted by Crippen LogP contribution is 2.50. The Labute approximate surface area is 194 Å². The zero-order valence-corrected chi connectivity index (χ0v) is 18.6. The van der Waals surface area contributed by atoms with Gasteiger partial charge in [0.1, 0.15) is 23.1 Å². The van der Waals surface area contributed by atoms with Crippen LogP contribution >= 0.6 is 11.6 Å². The summed E-state index contributed by atoms with van der Waals surface area (Å²) in [6.07, 6.45) is 0. The molecular weight excluding hydrogens is 444 g/mol. The Morgan fingerprint density at radius 2 is 1.82 bits per heavy atom. The fourth-order valence-corrected chi connectivity index (χ4v) is 4.48. The number of ether oxygens (including phenoxy) is 2. The number of para-hydroxylation sites is 1. The molecule has 0 unspecified atom stereocenters. The lowest BCUT2D eigenvalue weighted by Crippen LogP contribution is -2.46. The molecule has 0 bridgehead atoms. The van der Waals surface area contributed by atoms with Crippen LogP contribution in [-0.2, 0) is 15.2 Å². The summed E-state index contributed by atoms with van der Waals surface area (Å²) >= 11 is 6.06. The van der Waals surface area contributed by atoms with Crippen molar-refractivity contribution in [1.82, 2.24) is 0 Å². The first-order valence-electron chi connectivity index (χ1n) is 10.2. The fourth-order valence-electron chi connectivity index (χ4n) is 4.36. The topological polar surface area (TPSA) is 86.2 Å². The average molecular weight is 463 g/mol. The minimum Gasteiger partial charge on any atom is -0.497 e. The van der Waals surface area contributed by atoms with Gasteiger partial charge in [0.15, 0.2) is 5.78 Å². The maximum absolute atomic E-state index is 14.1. The van der Waals surface area contributed by atoms with Gasteiger partial charge in [-0.05, 0) is 30.3 Å². The van der Waals surface area contributed by atoms with E-state index in [1.807, 2.05) is 0 Å². The van der Waals surface area contributed by atoms with Crippen molar-refractivity contribution in [2.75, 3.05) is 19.5 Å². The van der Waals surface area contributed by atoms with E-state index in [0.717, 1.165) is 0 Å². The Morgan fingerprint density at radius 3 is 2.55 bits per heavy atom. The van der Waals surface area contributed by atoms with Crippen LogP contribution < -0.4 is 14.8 Å². The summed E-state index contributed by atoms with van der Waals surface area (Å²) < 4.78 is 10.7. The zero-order chi connectivity index (χ0) is 23.2. The van der Waals surface area contributed by atoms with Gasteiger partial charge in [-0.1, -0.05) is 47.1 Å². The third-order valence-electron chi connectivity index (χ3n) is 5.96. The summed E-state index contributed by atoms with van der Waals surface area (Å²) in [4.78, 5) is 33.3. The van der Waals surface area contributed by atoms with E-state index in [2.05, 4.69) is 10.5 Å². The number of carbonyl (C=O) groups excluding carboxylic acids is 2. The second-order valence-electron chi connectivity index (χ2n) is 7.67. The highest BCUT2D eigenvalue weighted by atomic mass is 35.5. The van der Waals surface area contributed by atoms with Gasteiger partial charge in [0, 0.05) is 27.9 Å². The Morgan fingerprint density at radius 1 is 1.06 bits per heavy atom. The summed E-state index contributed by atoms with van der Waals surface area (Å²) in [7, 11) is 3.00. The van der Waals surface area contributed by atoms with Crippen LogP contribution in [0.3, 0.4) is 0 Å². The van der Waals surface area contributed by atoms with Crippen LogP contribution in [0.5, 0.6) is 11.5 Å². The second kappa shape index (κ2) is 7.94. The van der Waals surface area contributed by atoms with Crippen LogP contribution in [0.2, 0.25) is 5.02 Å². The molecule has 2 aliphatic heterocycles. The van der Waals surface area contributed by atoms with Crippen LogP contribution in [0, 0.1) is 5.92 Å². The van der Waals surface area contributed by atoms with Gasteiger partial charge in [-0.3, -0.25) is 9.59 Å². The van der Waals surface area contributed by atoms with Gasteiger partial charge in [-0.15, -0.1) is 0 Å². The summed E-state index contributed by atoms with van der Waals surface area (Å²) in [6.45, 7) is 0. The molecule has 166 valence electrons. The van der Waals surface area contributed by atoms with Gasteiger partial charge in [-0.25, -0.2) is 0 Å².